The van der Waals surface area contributed by atoms with E-state index in [0.29, 0.717) is 19.0 Å². The molecule has 0 aliphatic heterocycles. The molecule has 1 fully saturated rings. The van der Waals surface area contributed by atoms with Gasteiger partial charge in [-0.05, 0) is 45.6 Å². The third-order valence-electron chi connectivity index (χ3n) is 5.93. The third kappa shape index (κ3) is 4.60. The van der Waals surface area contributed by atoms with Gasteiger partial charge < -0.3 is 9.88 Å². The Bertz CT molecular complexity index is 783. The van der Waals surface area contributed by atoms with Crippen LogP contribution in [0.15, 0.2) is 6.20 Å². The highest BCUT2D eigenvalue weighted by molar-refractivity contribution is 5.76. The minimum absolute atomic E-state index is 0.102. The van der Waals surface area contributed by atoms with E-state index in [0.717, 1.165) is 30.1 Å². The summed E-state index contributed by atoms with van der Waals surface area (Å²) in [4.78, 5) is 16.9. The summed E-state index contributed by atoms with van der Waals surface area (Å²) < 4.78 is 4.30. The fourth-order valence-corrected chi connectivity index (χ4v) is 4.34. The molecule has 0 spiro atoms. The Hall–Kier alpha value is -2.11. The van der Waals surface area contributed by atoms with Gasteiger partial charge in [0.2, 0.25) is 5.91 Å². The van der Waals surface area contributed by atoms with Crippen LogP contribution in [-0.4, -0.2) is 31.8 Å². The minimum Gasteiger partial charge on any atom is -0.356 e. The molecule has 1 saturated carbocycles. The number of amides is 1. The van der Waals surface area contributed by atoms with Crippen LogP contribution in [0.2, 0.25) is 0 Å². The van der Waals surface area contributed by atoms with Crippen LogP contribution >= 0.6 is 0 Å². The van der Waals surface area contributed by atoms with Crippen LogP contribution in [0.25, 0.3) is 0 Å². The SMILES string of the molecule is Cc1nn(C)c(C)c1CCC(=O)NCCc1ncc(C)n1C1CCCCC1. The molecule has 3 rings (SSSR count). The molecular formula is C21H33N5O. The highest BCUT2D eigenvalue weighted by Gasteiger charge is 2.20. The lowest BCUT2D eigenvalue weighted by Crippen LogP contribution is -2.27. The van der Waals surface area contributed by atoms with E-state index in [9.17, 15) is 4.79 Å². The first kappa shape index (κ1) is 19.6. The molecule has 1 amide bonds. The van der Waals surface area contributed by atoms with Gasteiger partial charge in [-0.15, -0.1) is 0 Å². The first-order chi connectivity index (χ1) is 13.0. The van der Waals surface area contributed by atoms with Crippen molar-refractivity contribution in [3.8, 4) is 0 Å². The molecule has 2 aromatic heterocycles. The third-order valence-corrected chi connectivity index (χ3v) is 5.93. The van der Waals surface area contributed by atoms with Gasteiger partial charge in [0.15, 0.2) is 0 Å². The fourth-order valence-electron chi connectivity index (χ4n) is 4.34. The van der Waals surface area contributed by atoms with Crippen LogP contribution in [0.4, 0.5) is 0 Å². The minimum atomic E-state index is 0.102. The van der Waals surface area contributed by atoms with Crippen molar-refractivity contribution in [2.75, 3.05) is 6.54 Å². The van der Waals surface area contributed by atoms with Crippen molar-refractivity contribution in [2.24, 2.45) is 7.05 Å². The summed E-state index contributed by atoms with van der Waals surface area (Å²) in [7, 11) is 1.95. The molecule has 0 unspecified atom stereocenters. The van der Waals surface area contributed by atoms with Crippen LogP contribution in [-0.2, 0) is 24.7 Å². The molecule has 6 heteroatoms. The molecule has 1 aliphatic rings. The van der Waals surface area contributed by atoms with Crippen LogP contribution in [0.3, 0.4) is 0 Å². The first-order valence-electron chi connectivity index (χ1n) is 10.3. The molecule has 1 aliphatic carbocycles. The fraction of sp³-hybridized carbons (Fsp3) is 0.667. The standard InChI is InChI=1S/C21H33N5O/c1-15-14-23-20(26(15)18-8-6-5-7-9-18)12-13-22-21(27)11-10-19-16(2)24-25(4)17(19)3/h14,18H,5-13H2,1-4H3,(H,22,27). The summed E-state index contributed by atoms with van der Waals surface area (Å²) in [5.41, 5.74) is 4.60. The molecule has 0 bridgehead atoms. The van der Waals surface area contributed by atoms with Gasteiger partial charge in [-0.25, -0.2) is 4.98 Å². The quantitative estimate of drug-likeness (QED) is 0.812. The molecule has 27 heavy (non-hydrogen) atoms. The van der Waals surface area contributed by atoms with Crippen LogP contribution in [0.5, 0.6) is 0 Å². The molecule has 0 radical (unpaired) electrons. The Morgan fingerprint density at radius 1 is 1.19 bits per heavy atom. The topological polar surface area (TPSA) is 64.7 Å². The van der Waals surface area contributed by atoms with Crippen molar-refractivity contribution in [2.45, 2.75) is 78.2 Å². The van der Waals surface area contributed by atoms with Gasteiger partial charge in [0.05, 0.1) is 5.69 Å². The van der Waals surface area contributed by atoms with Gasteiger partial charge in [-0.3, -0.25) is 9.48 Å². The number of hydrogen-bond donors (Lipinski definition) is 1. The summed E-state index contributed by atoms with van der Waals surface area (Å²) >= 11 is 0. The van der Waals surface area contributed by atoms with Crippen molar-refractivity contribution < 1.29 is 4.79 Å². The van der Waals surface area contributed by atoms with E-state index in [1.165, 1.54) is 43.4 Å². The second-order valence-corrected chi connectivity index (χ2v) is 7.85. The molecule has 0 saturated heterocycles. The van der Waals surface area contributed by atoms with E-state index in [1.807, 2.05) is 24.9 Å². The van der Waals surface area contributed by atoms with Crippen molar-refractivity contribution in [1.29, 1.82) is 0 Å². The molecule has 2 heterocycles. The van der Waals surface area contributed by atoms with Crippen LogP contribution in [0, 0.1) is 20.8 Å². The van der Waals surface area contributed by atoms with Crippen molar-refractivity contribution >= 4 is 5.91 Å². The van der Waals surface area contributed by atoms with Crippen LogP contribution in [0.1, 0.15) is 73.0 Å². The van der Waals surface area contributed by atoms with E-state index in [-0.39, 0.29) is 5.91 Å². The number of aryl methyl sites for hydroxylation is 3. The summed E-state index contributed by atoms with van der Waals surface area (Å²) in [6.45, 7) is 6.85. The predicted octanol–water partition coefficient (Wildman–Crippen LogP) is 3.34. The second-order valence-electron chi connectivity index (χ2n) is 7.85. The van der Waals surface area contributed by atoms with Crippen LogP contribution < -0.4 is 5.32 Å². The molecule has 0 atom stereocenters. The zero-order valence-corrected chi connectivity index (χ0v) is 17.2. The summed E-state index contributed by atoms with van der Waals surface area (Å²) in [6.07, 6.45) is 10.5. The molecule has 0 aromatic carbocycles. The molecule has 1 N–H and O–H groups in total. The number of rotatable bonds is 7. The monoisotopic (exact) mass is 371 g/mol. The van der Waals surface area contributed by atoms with Gasteiger partial charge in [-0.2, -0.15) is 5.10 Å². The Kier molecular flexibility index (Phi) is 6.34. The van der Waals surface area contributed by atoms with E-state index in [4.69, 9.17) is 0 Å². The second kappa shape index (κ2) is 8.72. The van der Waals surface area contributed by atoms with Gasteiger partial charge in [0.25, 0.3) is 0 Å². The van der Waals surface area contributed by atoms with Crippen molar-refractivity contribution in [3.63, 3.8) is 0 Å². The number of carbonyl (C=O) groups excluding carboxylic acids is 1. The zero-order valence-electron chi connectivity index (χ0n) is 17.2. The van der Waals surface area contributed by atoms with E-state index in [2.05, 4.69) is 33.8 Å². The Balaban J connectivity index is 1.49. The Morgan fingerprint density at radius 2 is 1.93 bits per heavy atom. The zero-order chi connectivity index (χ0) is 19.4. The molecule has 148 valence electrons. The number of nitrogens with one attached hydrogen (secondary N) is 1. The maximum atomic E-state index is 12.3. The number of hydrogen-bond acceptors (Lipinski definition) is 3. The highest BCUT2D eigenvalue weighted by Crippen LogP contribution is 2.30. The van der Waals surface area contributed by atoms with E-state index in [1.54, 1.807) is 0 Å². The number of aromatic nitrogens is 4. The maximum Gasteiger partial charge on any atom is 0.220 e. The largest absolute Gasteiger partial charge is 0.356 e. The van der Waals surface area contributed by atoms with E-state index < -0.39 is 0 Å². The van der Waals surface area contributed by atoms with Gasteiger partial charge in [-0.1, -0.05) is 19.3 Å². The average Bonchev–Trinajstić information content (AvgIpc) is 3.13. The van der Waals surface area contributed by atoms with Gasteiger partial charge >= 0.3 is 0 Å². The number of carbonyl (C=O) groups is 1. The maximum absolute atomic E-state index is 12.3. The number of nitrogens with zero attached hydrogens (tertiary/aromatic N) is 4. The van der Waals surface area contributed by atoms with E-state index >= 15 is 0 Å². The Labute approximate surface area is 162 Å². The highest BCUT2D eigenvalue weighted by atomic mass is 16.1. The first-order valence-corrected chi connectivity index (χ1v) is 10.3. The Morgan fingerprint density at radius 3 is 2.59 bits per heavy atom. The summed E-state index contributed by atoms with van der Waals surface area (Å²) in [5, 5.41) is 7.49. The predicted molar refractivity (Wildman–Crippen MR) is 107 cm³/mol. The van der Waals surface area contributed by atoms with Gasteiger partial charge in [0, 0.05) is 50.1 Å². The summed E-state index contributed by atoms with van der Waals surface area (Å²) in [5.74, 6) is 1.21. The normalized spacial score (nSPS) is 15.3. The lowest BCUT2D eigenvalue weighted by atomic mass is 9.95. The smallest absolute Gasteiger partial charge is 0.220 e. The molecular weight excluding hydrogens is 338 g/mol. The lowest BCUT2D eigenvalue weighted by Gasteiger charge is -2.26. The average molecular weight is 372 g/mol. The van der Waals surface area contributed by atoms with Gasteiger partial charge in [0.1, 0.15) is 5.82 Å². The lowest BCUT2D eigenvalue weighted by molar-refractivity contribution is -0.121. The number of imidazole rings is 1. The summed E-state index contributed by atoms with van der Waals surface area (Å²) in [6, 6.07) is 0.587. The molecule has 2 aromatic rings. The molecule has 6 nitrogen and oxygen atoms in total. The van der Waals surface area contributed by atoms with Crippen molar-refractivity contribution in [3.05, 3.63) is 34.7 Å². The van der Waals surface area contributed by atoms with Crippen molar-refractivity contribution in [1.82, 2.24) is 24.6 Å².